The molecule has 5 heteroatoms. The molecule has 130 valence electrons. The van der Waals surface area contributed by atoms with Crippen LogP contribution < -0.4 is 0 Å². The molecule has 1 heterocycles. The Morgan fingerprint density at radius 3 is 2.05 bits per heavy atom. The molecule has 22 heavy (non-hydrogen) atoms. The molecule has 0 aromatic rings. The molecular formula is C17H34O4Si. The van der Waals surface area contributed by atoms with E-state index in [1.54, 1.807) is 0 Å². The summed E-state index contributed by atoms with van der Waals surface area (Å²) >= 11 is 0. The zero-order valence-electron chi connectivity index (χ0n) is 15.7. The van der Waals surface area contributed by atoms with Crippen LogP contribution >= 0.6 is 0 Å². The molecule has 2 aliphatic rings. The predicted octanol–water partition coefficient (Wildman–Crippen LogP) is 3.69. The minimum absolute atomic E-state index is 0.0928. The highest BCUT2D eigenvalue weighted by Crippen LogP contribution is 2.49. The highest BCUT2D eigenvalue weighted by Gasteiger charge is 2.58. The van der Waals surface area contributed by atoms with Crippen molar-refractivity contribution >= 4 is 8.32 Å². The van der Waals surface area contributed by atoms with Crippen LogP contribution in [0.15, 0.2) is 0 Å². The summed E-state index contributed by atoms with van der Waals surface area (Å²) in [7, 11) is -1.89. The van der Waals surface area contributed by atoms with Gasteiger partial charge in [0, 0.05) is 5.92 Å². The van der Waals surface area contributed by atoms with Crippen molar-refractivity contribution in [2.75, 3.05) is 0 Å². The Morgan fingerprint density at radius 1 is 1.05 bits per heavy atom. The quantitative estimate of drug-likeness (QED) is 0.802. The maximum atomic E-state index is 10.4. The van der Waals surface area contributed by atoms with Crippen molar-refractivity contribution < 1.29 is 19.0 Å². The zero-order valence-corrected chi connectivity index (χ0v) is 16.7. The first kappa shape index (κ1) is 18.4. The second kappa shape index (κ2) is 5.28. The summed E-state index contributed by atoms with van der Waals surface area (Å²) < 4.78 is 18.7. The van der Waals surface area contributed by atoms with Crippen LogP contribution in [0.1, 0.15) is 54.9 Å². The molecule has 1 aliphatic carbocycles. The first-order valence-corrected chi connectivity index (χ1v) is 11.3. The summed E-state index contributed by atoms with van der Waals surface area (Å²) in [6.45, 7) is 19.4. The molecule has 1 saturated heterocycles. The third-order valence-electron chi connectivity index (χ3n) is 5.65. The van der Waals surface area contributed by atoms with E-state index in [1.807, 2.05) is 13.8 Å². The van der Waals surface area contributed by atoms with Crippen molar-refractivity contribution in [1.82, 2.24) is 0 Å². The van der Waals surface area contributed by atoms with Crippen molar-refractivity contribution in [3.05, 3.63) is 0 Å². The van der Waals surface area contributed by atoms with Gasteiger partial charge in [-0.05, 0) is 52.2 Å². The van der Waals surface area contributed by atoms with Gasteiger partial charge in [0.25, 0.3) is 0 Å². The molecule has 0 radical (unpaired) electrons. The van der Waals surface area contributed by atoms with Crippen LogP contribution in [-0.2, 0) is 13.9 Å². The van der Waals surface area contributed by atoms with Crippen LogP contribution in [0, 0.1) is 5.92 Å². The standard InChI is InChI=1S/C17H34O4Si/c1-15(2,3)22(8,9)21-16(4,5)11-10-12(18)14-13(11)19-17(6,7)20-14/h11-14,18H,10H2,1-9H3/t11-,12-,13+,14-/m0/s1. The SMILES string of the molecule is CC1(C)O[C@@H]2[C@H](O1)[C@@H](C(C)(C)O[Si](C)(C)C(C)(C)C)C[C@@H]2O. The van der Waals surface area contributed by atoms with Crippen LogP contribution in [0.25, 0.3) is 0 Å². The zero-order chi connectivity index (χ0) is 17.1. The minimum atomic E-state index is -1.89. The van der Waals surface area contributed by atoms with Crippen molar-refractivity contribution in [2.45, 2.75) is 103 Å². The Kier molecular flexibility index (Phi) is 4.41. The normalized spacial score (nSPS) is 35.7. The van der Waals surface area contributed by atoms with Gasteiger partial charge in [0.15, 0.2) is 14.1 Å². The van der Waals surface area contributed by atoms with Crippen LogP contribution in [0.5, 0.6) is 0 Å². The van der Waals surface area contributed by atoms with E-state index in [0.717, 1.165) is 0 Å². The molecule has 0 aromatic carbocycles. The van der Waals surface area contributed by atoms with Crippen molar-refractivity contribution in [1.29, 1.82) is 0 Å². The molecule has 0 amide bonds. The van der Waals surface area contributed by atoms with Crippen molar-refractivity contribution in [3.8, 4) is 0 Å². The van der Waals surface area contributed by atoms with Gasteiger partial charge in [-0.1, -0.05) is 20.8 Å². The van der Waals surface area contributed by atoms with Gasteiger partial charge in [-0.2, -0.15) is 0 Å². The maximum absolute atomic E-state index is 10.4. The van der Waals surface area contributed by atoms with Crippen LogP contribution in [-0.4, -0.2) is 43.1 Å². The Bertz CT molecular complexity index is 425. The second-order valence-corrected chi connectivity index (χ2v) is 14.2. The number of aliphatic hydroxyl groups is 1. The fourth-order valence-corrected chi connectivity index (χ4v) is 5.29. The third-order valence-corrected chi connectivity index (χ3v) is 10.3. The second-order valence-electron chi connectivity index (χ2n) is 9.44. The molecule has 2 rings (SSSR count). The van der Waals surface area contributed by atoms with E-state index < -0.39 is 20.2 Å². The number of fused-ring (bicyclic) bond motifs is 1. The smallest absolute Gasteiger partial charge is 0.192 e. The molecule has 1 saturated carbocycles. The fourth-order valence-electron chi connectivity index (χ4n) is 3.52. The summed E-state index contributed by atoms with van der Waals surface area (Å²) in [6, 6.07) is 0. The van der Waals surface area contributed by atoms with E-state index in [9.17, 15) is 5.11 Å². The molecule has 1 aliphatic heterocycles. The van der Waals surface area contributed by atoms with E-state index in [1.165, 1.54) is 0 Å². The topological polar surface area (TPSA) is 47.9 Å². The average Bonchev–Trinajstić information content (AvgIpc) is 2.71. The largest absolute Gasteiger partial charge is 0.412 e. The average molecular weight is 331 g/mol. The number of hydrogen-bond acceptors (Lipinski definition) is 4. The summed E-state index contributed by atoms with van der Waals surface area (Å²) in [4.78, 5) is 0. The molecule has 2 fully saturated rings. The molecule has 0 unspecified atom stereocenters. The van der Waals surface area contributed by atoms with Gasteiger partial charge in [0.05, 0.1) is 17.8 Å². The predicted molar refractivity (Wildman–Crippen MR) is 90.3 cm³/mol. The van der Waals surface area contributed by atoms with Gasteiger partial charge in [0.1, 0.15) is 6.10 Å². The van der Waals surface area contributed by atoms with Crippen LogP contribution in [0.2, 0.25) is 18.1 Å². The van der Waals surface area contributed by atoms with Gasteiger partial charge in [-0.3, -0.25) is 0 Å². The number of aliphatic hydroxyl groups excluding tert-OH is 1. The van der Waals surface area contributed by atoms with Crippen LogP contribution in [0.4, 0.5) is 0 Å². The van der Waals surface area contributed by atoms with E-state index in [0.29, 0.717) is 6.42 Å². The first-order chi connectivity index (χ1) is 9.66. The fraction of sp³-hybridized carbons (Fsp3) is 1.00. The Labute approximate surface area is 136 Å². The van der Waals surface area contributed by atoms with Gasteiger partial charge < -0.3 is 19.0 Å². The molecule has 4 atom stereocenters. The number of ether oxygens (including phenoxy) is 2. The Hall–Kier alpha value is 0.0569. The molecule has 1 N–H and O–H groups in total. The Morgan fingerprint density at radius 2 is 1.55 bits per heavy atom. The third kappa shape index (κ3) is 3.29. The van der Waals surface area contributed by atoms with Gasteiger partial charge in [-0.15, -0.1) is 0 Å². The minimum Gasteiger partial charge on any atom is -0.412 e. The lowest BCUT2D eigenvalue weighted by atomic mass is 9.88. The maximum Gasteiger partial charge on any atom is 0.192 e. The van der Waals surface area contributed by atoms with Crippen molar-refractivity contribution in [3.63, 3.8) is 0 Å². The lowest BCUT2D eigenvalue weighted by molar-refractivity contribution is -0.174. The van der Waals surface area contributed by atoms with Gasteiger partial charge >= 0.3 is 0 Å². The van der Waals surface area contributed by atoms with E-state index >= 15 is 0 Å². The summed E-state index contributed by atoms with van der Waals surface area (Å²) in [5.74, 6) is -0.481. The molecule has 4 nitrogen and oxygen atoms in total. The monoisotopic (exact) mass is 330 g/mol. The molecule has 0 aromatic heterocycles. The highest BCUT2D eigenvalue weighted by molar-refractivity contribution is 6.74. The van der Waals surface area contributed by atoms with E-state index in [2.05, 4.69) is 47.7 Å². The molecular weight excluding hydrogens is 296 g/mol. The van der Waals surface area contributed by atoms with Gasteiger partial charge in [0.2, 0.25) is 0 Å². The molecule has 0 spiro atoms. The van der Waals surface area contributed by atoms with E-state index in [-0.39, 0.29) is 28.8 Å². The lowest BCUT2D eigenvalue weighted by Gasteiger charge is -2.46. The summed E-state index contributed by atoms with van der Waals surface area (Å²) in [5, 5.41) is 10.5. The summed E-state index contributed by atoms with van der Waals surface area (Å²) in [6.07, 6.45) is -0.126. The van der Waals surface area contributed by atoms with Gasteiger partial charge in [-0.25, -0.2) is 0 Å². The summed E-state index contributed by atoms with van der Waals surface area (Å²) in [5.41, 5.74) is -0.340. The lowest BCUT2D eigenvalue weighted by Crippen LogP contribution is -2.52. The van der Waals surface area contributed by atoms with Crippen LogP contribution in [0.3, 0.4) is 0 Å². The first-order valence-electron chi connectivity index (χ1n) is 8.40. The number of rotatable bonds is 3. The molecule has 0 bridgehead atoms. The van der Waals surface area contributed by atoms with E-state index in [4.69, 9.17) is 13.9 Å². The number of hydrogen-bond donors (Lipinski definition) is 1. The van der Waals surface area contributed by atoms with Crippen molar-refractivity contribution in [2.24, 2.45) is 5.92 Å². The Balaban J connectivity index is 2.20. The highest BCUT2D eigenvalue weighted by atomic mass is 28.4.